The van der Waals surface area contributed by atoms with Gasteiger partial charge in [-0.1, -0.05) is 12.1 Å². The van der Waals surface area contributed by atoms with Gasteiger partial charge in [-0.2, -0.15) is 0 Å². The summed E-state index contributed by atoms with van der Waals surface area (Å²) in [6, 6.07) is 5.81. The minimum atomic E-state index is -1.11. The molecule has 0 heterocycles. The van der Waals surface area contributed by atoms with Gasteiger partial charge in [-0.15, -0.1) is 0 Å². The average Bonchev–Trinajstić information content (AvgIpc) is 1.88. The standard InChI is InChI=1S/C7H6O3.2H2O.Zn/c8-6-4-2-1-3-5(6)7(9)10;;;/h1-4,8H,(H,9,10);2*1H2;. The summed E-state index contributed by atoms with van der Waals surface area (Å²) in [5.41, 5.74) is -0.0671. The van der Waals surface area contributed by atoms with Crippen molar-refractivity contribution in [2.45, 2.75) is 0 Å². The zero-order valence-corrected chi connectivity index (χ0v) is 9.79. The Morgan fingerprint density at radius 2 is 1.62 bits per heavy atom. The van der Waals surface area contributed by atoms with Crippen molar-refractivity contribution < 1.29 is 45.4 Å². The van der Waals surface area contributed by atoms with E-state index in [-0.39, 0.29) is 41.7 Å². The number of benzene rings is 1. The SMILES string of the molecule is O.O.O=C(O)c1ccccc1O.[Zn]. The van der Waals surface area contributed by atoms with E-state index in [4.69, 9.17) is 10.2 Å². The smallest absolute Gasteiger partial charge is 0.339 e. The van der Waals surface area contributed by atoms with Crippen LogP contribution in [0.15, 0.2) is 24.3 Å². The molecule has 0 fully saturated rings. The maximum atomic E-state index is 10.3. The normalized spacial score (nSPS) is 7.08. The molecule has 0 unspecified atom stereocenters. The van der Waals surface area contributed by atoms with Gasteiger partial charge in [0.1, 0.15) is 11.3 Å². The monoisotopic (exact) mass is 238 g/mol. The number of carboxylic acid groups (broad SMARTS) is 1. The summed E-state index contributed by atoms with van der Waals surface area (Å²) in [5, 5.41) is 17.3. The molecule has 6 N–H and O–H groups in total. The van der Waals surface area contributed by atoms with Crippen LogP contribution in [0.1, 0.15) is 10.4 Å². The molecule has 1 aromatic rings. The Morgan fingerprint density at radius 3 is 1.92 bits per heavy atom. The number of para-hydroxylation sites is 1. The number of hydrogen-bond donors (Lipinski definition) is 2. The van der Waals surface area contributed by atoms with Crippen molar-refractivity contribution in [1.82, 2.24) is 0 Å². The van der Waals surface area contributed by atoms with Crippen molar-refractivity contribution in [3.8, 4) is 5.75 Å². The summed E-state index contributed by atoms with van der Waals surface area (Å²) in [5.74, 6) is -1.31. The second-order valence-corrected chi connectivity index (χ2v) is 1.82. The molecule has 1 rings (SSSR count). The molecule has 1 aromatic carbocycles. The molecular formula is C7H10O5Zn. The zero-order chi connectivity index (χ0) is 7.56. The third kappa shape index (κ3) is 4.57. The van der Waals surface area contributed by atoms with Gasteiger partial charge in [0, 0.05) is 19.5 Å². The van der Waals surface area contributed by atoms with Crippen LogP contribution in [0.2, 0.25) is 0 Å². The van der Waals surface area contributed by atoms with Crippen molar-refractivity contribution in [1.29, 1.82) is 0 Å². The molecule has 0 saturated carbocycles. The van der Waals surface area contributed by atoms with Crippen LogP contribution in [0.25, 0.3) is 0 Å². The molecule has 0 atom stereocenters. The van der Waals surface area contributed by atoms with Gasteiger partial charge in [0.25, 0.3) is 0 Å². The quantitative estimate of drug-likeness (QED) is 0.639. The van der Waals surface area contributed by atoms with Crippen LogP contribution in [0.5, 0.6) is 5.75 Å². The third-order valence-electron chi connectivity index (χ3n) is 1.13. The van der Waals surface area contributed by atoms with Crippen molar-refractivity contribution in [3.63, 3.8) is 0 Å². The van der Waals surface area contributed by atoms with Gasteiger partial charge in [0.05, 0.1) is 0 Å². The number of carbonyl (C=O) groups is 1. The number of aromatic carboxylic acids is 1. The minimum absolute atomic E-state index is 0. The van der Waals surface area contributed by atoms with Crippen LogP contribution in [-0.4, -0.2) is 27.1 Å². The van der Waals surface area contributed by atoms with Gasteiger partial charge in [-0.3, -0.25) is 0 Å². The van der Waals surface area contributed by atoms with Crippen molar-refractivity contribution >= 4 is 5.97 Å². The van der Waals surface area contributed by atoms with Crippen LogP contribution >= 0.6 is 0 Å². The first kappa shape index (κ1) is 18.0. The van der Waals surface area contributed by atoms with E-state index in [0.29, 0.717) is 0 Å². The minimum Gasteiger partial charge on any atom is -0.507 e. The predicted octanol–water partition coefficient (Wildman–Crippen LogP) is -0.562. The van der Waals surface area contributed by atoms with Crippen molar-refractivity contribution in [3.05, 3.63) is 29.8 Å². The molecular weight excluding hydrogens is 229 g/mol. The predicted molar refractivity (Wildman–Crippen MR) is 42.3 cm³/mol. The summed E-state index contributed by atoms with van der Waals surface area (Å²) in [7, 11) is 0. The van der Waals surface area contributed by atoms with E-state index in [1.165, 1.54) is 12.1 Å². The molecule has 0 radical (unpaired) electrons. The summed E-state index contributed by atoms with van der Waals surface area (Å²) in [4.78, 5) is 10.3. The van der Waals surface area contributed by atoms with E-state index in [1.807, 2.05) is 0 Å². The number of phenols is 1. The molecule has 0 bridgehead atoms. The summed E-state index contributed by atoms with van der Waals surface area (Å²) in [6.45, 7) is 0. The fourth-order valence-electron chi connectivity index (χ4n) is 0.654. The molecule has 0 aliphatic rings. The molecule has 6 heteroatoms. The molecule has 0 saturated heterocycles. The molecule has 13 heavy (non-hydrogen) atoms. The maximum Gasteiger partial charge on any atom is 0.339 e. The van der Waals surface area contributed by atoms with E-state index in [2.05, 4.69) is 0 Å². The Hall–Kier alpha value is -0.967. The van der Waals surface area contributed by atoms with Gasteiger partial charge in [0.15, 0.2) is 0 Å². The maximum absolute atomic E-state index is 10.3. The van der Waals surface area contributed by atoms with E-state index in [1.54, 1.807) is 12.1 Å². The fourth-order valence-corrected chi connectivity index (χ4v) is 0.654. The van der Waals surface area contributed by atoms with Crippen LogP contribution < -0.4 is 0 Å². The number of carboxylic acids is 1. The molecule has 0 spiro atoms. The topological polar surface area (TPSA) is 121 Å². The summed E-state index contributed by atoms with van der Waals surface area (Å²) < 4.78 is 0. The van der Waals surface area contributed by atoms with E-state index < -0.39 is 5.97 Å². The first-order valence-electron chi connectivity index (χ1n) is 2.73. The average molecular weight is 240 g/mol. The summed E-state index contributed by atoms with van der Waals surface area (Å²) in [6.07, 6.45) is 0. The molecule has 0 aliphatic heterocycles. The van der Waals surface area contributed by atoms with Gasteiger partial charge >= 0.3 is 5.97 Å². The fraction of sp³-hybridized carbons (Fsp3) is 0. The summed E-state index contributed by atoms with van der Waals surface area (Å²) >= 11 is 0. The molecule has 0 aromatic heterocycles. The van der Waals surface area contributed by atoms with Crippen molar-refractivity contribution in [2.24, 2.45) is 0 Å². The second kappa shape index (κ2) is 7.67. The van der Waals surface area contributed by atoms with Gasteiger partial charge in [-0.05, 0) is 12.1 Å². The number of rotatable bonds is 1. The molecule has 5 nitrogen and oxygen atoms in total. The molecule has 70 valence electrons. The van der Waals surface area contributed by atoms with E-state index in [9.17, 15) is 4.79 Å². The Morgan fingerprint density at radius 1 is 1.15 bits per heavy atom. The van der Waals surface area contributed by atoms with E-state index in [0.717, 1.165) is 0 Å². The van der Waals surface area contributed by atoms with Gasteiger partial charge < -0.3 is 21.2 Å². The van der Waals surface area contributed by atoms with Crippen molar-refractivity contribution in [2.75, 3.05) is 0 Å². The Kier molecular flexibility index (Phi) is 10.6. The first-order chi connectivity index (χ1) is 4.72. The Labute approximate surface area is 87.4 Å². The number of hydrogen-bond acceptors (Lipinski definition) is 2. The largest absolute Gasteiger partial charge is 0.507 e. The second-order valence-electron chi connectivity index (χ2n) is 1.82. The van der Waals surface area contributed by atoms with Crippen LogP contribution in [0.4, 0.5) is 0 Å². The number of aromatic hydroxyl groups is 1. The molecule has 0 amide bonds. The van der Waals surface area contributed by atoms with E-state index >= 15 is 0 Å². The van der Waals surface area contributed by atoms with Crippen LogP contribution in [-0.2, 0) is 19.5 Å². The molecule has 0 aliphatic carbocycles. The Bertz CT molecular complexity index is 263. The van der Waals surface area contributed by atoms with Crippen LogP contribution in [0, 0.1) is 0 Å². The third-order valence-corrected chi connectivity index (χ3v) is 1.13. The zero-order valence-electron chi connectivity index (χ0n) is 6.82. The first-order valence-corrected chi connectivity index (χ1v) is 2.73. The van der Waals surface area contributed by atoms with Gasteiger partial charge in [0.2, 0.25) is 0 Å². The Balaban J connectivity index is -0.000000333. The van der Waals surface area contributed by atoms with Crippen LogP contribution in [0.3, 0.4) is 0 Å². The van der Waals surface area contributed by atoms with Gasteiger partial charge in [-0.25, -0.2) is 4.79 Å².